The van der Waals surface area contributed by atoms with Gasteiger partial charge in [-0.1, -0.05) is 36.9 Å². The van der Waals surface area contributed by atoms with Gasteiger partial charge in [0.2, 0.25) is 10.0 Å². The lowest BCUT2D eigenvalue weighted by molar-refractivity contribution is 0.586. The van der Waals surface area contributed by atoms with Crippen LogP contribution in [0.5, 0.6) is 0 Å². The van der Waals surface area contributed by atoms with Crippen LogP contribution in [0.1, 0.15) is 12.0 Å². The number of rotatable bonds is 5. The summed E-state index contributed by atoms with van der Waals surface area (Å²) in [6.45, 7) is 3.27. The SMILES string of the molecule is C=CS(=O)(=O)NC1CC1Cc1ccccc1. The molecule has 0 radical (unpaired) electrons. The Labute approximate surface area is 96.2 Å². The van der Waals surface area contributed by atoms with Crippen LogP contribution in [0, 0.1) is 5.92 Å². The first kappa shape index (κ1) is 11.4. The fourth-order valence-corrected chi connectivity index (χ4v) is 2.60. The summed E-state index contributed by atoms with van der Waals surface area (Å²) < 4.78 is 25.0. The molecule has 0 aliphatic heterocycles. The Balaban J connectivity index is 1.87. The molecule has 0 amide bonds. The van der Waals surface area contributed by atoms with Crippen LogP contribution in [-0.2, 0) is 16.4 Å². The third-order valence-electron chi connectivity index (χ3n) is 2.80. The van der Waals surface area contributed by atoms with Crippen LogP contribution >= 0.6 is 0 Å². The van der Waals surface area contributed by atoms with E-state index in [2.05, 4.69) is 23.4 Å². The van der Waals surface area contributed by atoms with Crippen molar-refractivity contribution in [3.63, 3.8) is 0 Å². The number of hydrogen-bond acceptors (Lipinski definition) is 2. The van der Waals surface area contributed by atoms with Crippen molar-refractivity contribution in [3.05, 3.63) is 47.9 Å². The van der Waals surface area contributed by atoms with E-state index >= 15 is 0 Å². The van der Waals surface area contributed by atoms with Gasteiger partial charge in [-0.2, -0.15) is 0 Å². The maximum atomic E-state index is 11.2. The highest BCUT2D eigenvalue weighted by Crippen LogP contribution is 2.34. The van der Waals surface area contributed by atoms with Crippen molar-refractivity contribution in [1.82, 2.24) is 4.72 Å². The molecule has 4 heteroatoms. The number of hydrogen-bond donors (Lipinski definition) is 1. The second-order valence-corrected chi connectivity index (χ2v) is 5.78. The summed E-state index contributed by atoms with van der Waals surface area (Å²) in [4.78, 5) is 0. The highest BCUT2D eigenvalue weighted by molar-refractivity contribution is 7.92. The molecule has 1 saturated carbocycles. The molecule has 0 bridgehead atoms. The first-order valence-electron chi connectivity index (χ1n) is 5.29. The molecule has 1 aliphatic rings. The average Bonchev–Trinajstić information content (AvgIpc) is 2.97. The lowest BCUT2D eigenvalue weighted by atomic mass is 10.1. The quantitative estimate of drug-likeness (QED) is 0.847. The Bertz CT molecular complexity index is 467. The molecule has 1 fully saturated rings. The predicted molar refractivity (Wildman–Crippen MR) is 64.3 cm³/mol. The van der Waals surface area contributed by atoms with Crippen molar-refractivity contribution in [1.29, 1.82) is 0 Å². The molecule has 3 nitrogen and oxygen atoms in total. The number of sulfonamides is 1. The Morgan fingerprint density at radius 1 is 1.38 bits per heavy atom. The summed E-state index contributed by atoms with van der Waals surface area (Å²) in [5, 5.41) is 0.963. The van der Waals surface area contributed by atoms with Crippen molar-refractivity contribution in [2.45, 2.75) is 18.9 Å². The molecule has 0 heterocycles. The van der Waals surface area contributed by atoms with Crippen molar-refractivity contribution in [3.8, 4) is 0 Å². The molecule has 2 atom stereocenters. The summed E-state index contributed by atoms with van der Waals surface area (Å²) in [6.07, 6.45) is 1.85. The van der Waals surface area contributed by atoms with Crippen molar-refractivity contribution >= 4 is 10.0 Å². The normalized spacial score (nSPS) is 24.0. The first-order valence-corrected chi connectivity index (χ1v) is 6.84. The van der Waals surface area contributed by atoms with Crippen LogP contribution in [0.3, 0.4) is 0 Å². The molecule has 0 spiro atoms. The van der Waals surface area contributed by atoms with Crippen molar-refractivity contribution in [2.75, 3.05) is 0 Å². The third-order valence-corrected chi connectivity index (χ3v) is 3.87. The van der Waals surface area contributed by atoms with Gasteiger partial charge < -0.3 is 0 Å². The van der Waals surface area contributed by atoms with Gasteiger partial charge >= 0.3 is 0 Å². The van der Waals surface area contributed by atoms with Crippen LogP contribution in [0.4, 0.5) is 0 Å². The van der Waals surface area contributed by atoms with Crippen LogP contribution in [0.15, 0.2) is 42.3 Å². The standard InChI is InChI=1S/C12H15NO2S/c1-2-16(14,15)13-12-9-11(12)8-10-6-4-3-5-7-10/h2-7,11-13H,1,8-9H2. The summed E-state index contributed by atoms with van der Waals surface area (Å²) in [5.74, 6) is 0.428. The Kier molecular flexibility index (Phi) is 3.12. The molecular formula is C12H15NO2S. The van der Waals surface area contributed by atoms with Crippen LogP contribution in [0.25, 0.3) is 0 Å². The van der Waals surface area contributed by atoms with Gasteiger partial charge in [0.15, 0.2) is 0 Å². The van der Waals surface area contributed by atoms with E-state index in [1.165, 1.54) is 5.56 Å². The largest absolute Gasteiger partial charge is 0.233 e. The third kappa shape index (κ3) is 2.93. The molecule has 1 aromatic rings. The molecule has 1 aromatic carbocycles. The highest BCUT2D eigenvalue weighted by atomic mass is 32.2. The van der Waals surface area contributed by atoms with Gasteiger partial charge in [-0.05, 0) is 24.3 Å². The van der Waals surface area contributed by atoms with E-state index in [-0.39, 0.29) is 6.04 Å². The fraction of sp³-hybridized carbons (Fsp3) is 0.333. The fourth-order valence-electron chi connectivity index (χ4n) is 1.79. The smallest absolute Gasteiger partial charge is 0.208 e. The second kappa shape index (κ2) is 4.39. The van der Waals surface area contributed by atoms with Gasteiger partial charge in [0, 0.05) is 11.4 Å². The maximum absolute atomic E-state index is 11.2. The molecule has 16 heavy (non-hydrogen) atoms. The summed E-state index contributed by atoms with van der Waals surface area (Å²) in [7, 11) is -3.27. The average molecular weight is 237 g/mol. The lowest BCUT2D eigenvalue weighted by Crippen LogP contribution is -2.24. The summed E-state index contributed by atoms with van der Waals surface area (Å²) >= 11 is 0. The zero-order chi connectivity index (χ0) is 11.6. The first-order chi connectivity index (χ1) is 7.61. The molecule has 0 saturated heterocycles. The topological polar surface area (TPSA) is 46.2 Å². The number of benzene rings is 1. The zero-order valence-corrected chi connectivity index (χ0v) is 9.78. The van der Waals surface area contributed by atoms with Gasteiger partial charge in [0.25, 0.3) is 0 Å². The second-order valence-electron chi connectivity index (χ2n) is 4.12. The van der Waals surface area contributed by atoms with Crippen LogP contribution < -0.4 is 4.72 Å². The van der Waals surface area contributed by atoms with Gasteiger partial charge in [-0.25, -0.2) is 13.1 Å². The predicted octanol–water partition coefficient (Wildman–Crippen LogP) is 1.68. The Morgan fingerprint density at radius 3 is 2.69 bits per heavy atom. The summed E-state index contributed by atoms with van der Waals surface area (Å²) in [5.41, 5.74) is 1.26. The summed E-state index contributed by atoms with van der Waals surface area (Å²) in [6, 6.07) is 10.2. The van der Waals surface area contributed by atoms with Crippen LogP contribution in [0.2, 0.25) is 0 Å². The van der Waals surface area contributed by atoms with E-state index in [1.807, 2.05) is 18.2 Å². The van der Waals surface area contributed by atoms with Gasteiger partial charge in [0.1, 0.15) is 0 Å². The van der Waals surface area contributed by atoms with Gasteiger partial charge in [-0.15, -0.1) is 0 Å². The molecule has 2 rings (SSSR count). The van der Waals surface area contributed by atoms with E-state index in [0.29, 0.717) is 5.92 Å². The Hall–Kier alpha value is -1.13. The van der Waals surface area contributed by atoms with E-state index in [0.717, 1.165) is 18.2 Å². The van der Waals surface area contributed by atoms with E-state index < -0.39 is 10.0 Å². The van der Waals surface area contributed by atoms with E-state index in [1.54, 1.807) is 0 Å². The lowest BCUT2D eigenvalue weighted by Gasteiger charge is -2.02. The van der Waals surface area contributed by atoms with Crippen molar-refractivity contribution in [2.24, 2.45) is 5.92 Å². The molecule has 86 valence electrons. The molecule has 0 aromatic heterocycles. The molecule has 2 unspecified atom stereocenters. The minimum Gasteiger partial charge on any atom is -0.208 e. The zero-order valence-electron chi connectivity index (χ0n) is 8.96. The molecular weight excluding hydrogens is 222 g/mol. The molecule has 1 N–H and O–H groups in total. The van der Waals surface area contributed by atoms with E-state index in [9.17, 15) is 8.42 Å². The minimum absolute atomic E-state index is 0.0863. The van der Waals surface area contributed by atoms with Crippen molar-refractivity contribution < 1.29 is 8.42 Å². The maximum Gasteiger partial charge on any atom is 0.233 e. The van der Waals surface area contributed by atoms with Crippen LogP contribution in [-0.4, -0.2) is 14.5 Å². The minimum atomic E-state index is -3.27. The van der Waals surface area contributed by atoms with Gasteiger partial charge in [0.05, 0.1) is 0 Å². The van der Waals surface area contributed by atoms with E-state index in [4.69, 9.17) is 0 Å². The van der Waals surface area contributed by atoms with Gasteiger partial charge in [-0.3, -0.25) is 0 Å². The number of nitrogens with one attached hydrogen (secondary N) is 1. The Morgan fingerprint density at radius 2 is 2.06 bits per heavy atom. The monoisotopic (exact) mass is 237 g/mol. The highest BCUT2D eigenvalue weighted by Gasteiger charge is 2.38. The molecule has 1 aliphatic carbocycles.